The van der Waals surface area contributed by atoms with Crippen molar-refractivity contribution in [3.8, 4) is 17.6 Å². The summed E-state index contributed by atoms with van der Waals surface area (Å²) in [6, 6.07) is 15.1. The van der Waals surface area contributed by atoms with Crippen LogP contribution in [0.5, 0.6) is 5.75 Å². The molecule has 0 N–H and O–H groups in total. The average Bonchev–Trinajstić information content (AvgIpc) is 3.53. The smallest absolute Gasteiger partial charge is 0.119 e. The fourth-order valence-corrected chi connectivity index (χ4v) is 5.91. The summed E-state index contributed by atoms with van der Waals surface area (Å²) in [5.74, 6) is 8.05. The predicted octanol–water partition coefficient (Wildman–Crippen LogP) is 7.96. The van der Waals surface area contributed by atoms with Crippen molar-refractivity contribution in [1.82, 2.24) is 0 Å². The third-order valence-electron chi connectivity index (χ3n) is 6.66. The van der Waals surface area contributed by atoms with E-state index in [0.29, 0.717) is 13.2 Å². The molecule has 1 aliphatic carbocycles. The minimum atomic E-state index is 0. The molecule has 0 spiro atoms. The van der Waals surface area contributed by atoms with Crippen LogP contribution in [0.2, 0.25) is 0 Å². The van der Waals surface area contributed by atoms with Gasteiger partial charge in [0.25, 0.3) is 0 Å². The Morgan fingerprint density at radius 1 is 1.09 bits per heavy atom. The first-order valence-corrected chi connectivity index (χ1v) is 12.8. The second-order valence-corrected chi connectivity index (χ2v) is 9.83. The van der Waals surface area contributed by atoms with Crippen LogP contribution in [-0.2, 0) is 6.61 Å². The van der Waals surface area contributed by atoms with Crippen LogP contribution in [-0.4, -0.2) is 12.3 Å². The minimum Gasteiger partial charge on any atom is -0.489 e. The summed E-state index contributed by atoms with van der Waals surface area (Å²) in [6.07, 6.45) is 7.55. The van der Waals surface area contributed by atoms with Crippen molar-refractivity contribution >= 4 is 40.6 Å². The van der Waals surface area contributed by atoms with E-state index in [1.807, 2.05) is 30.4 Å². The lowest BCUT2D eigenvalue weighted by Crippen LogP contribution is -2.07. The van der Waals surface area contributed by atoms with Gasteiger partial charge in [-0.05, 0) is 82.6 Å². The quantitative estimate of drug-likeness (QED) is 0.311. The summed E-state index contributed by atoms with van der Waals surface area (Å²) in [4.78, 5) is 0. The van der Waals surface area contributed by atoms with Gasteiger partial charge in [-0.2, -0.15) is 18.6 Å². The van der Waals surface area contributed by atoms with E-state index in [1.165, 1.54) is 53.3 Å². The molecule has 4 nitrogen and oxygen atoms in total. The molecule has 1 atom stereocenters. The van der Waals surface area contributed by atoms with Gasteiger partial charge in [0.2, 0.25) is 0 Å². The van der Waals surface area contributed by atoms with Crippen LogP contribution in [0, 0.1) is 11.8 Å². The van der Waals surface area contributed by atoms with Crippen molar-refractivity contribution in [2.75, 3.05) is 6.54 Å². The van der Waals surface area contributed by atoms with Gasteiger partial charge in [0, 0.05) is 11.1 Å². The van der Waals surface area contributed by atoms with Gasteiger partial charge in [0.15, 0.2) is 0 Å². The number of nitrogens with zero attached hydrogens (tertiary/aromatic N) is 3. The highest BCUT2D eigenvalue weighted by Crippen LogP contribution is 2.39. The highest BCUT2D eigenvalue weighted by molar-refractivity contribution is 7.59. The van der Waals surface area contributed by atoms with Gasteiger partial charge in [0.1, 0.15) is 18.9 Å². The minimum absolute atomic E-state index is 0. The molecule has 0 amide bonds. The van der Waals surface area contributed by atoms with E-state index in [4.69, 9.17) is 4.74 Å². The van der Waals surface area contributed by atoms with Crippen LogP contribution in [0.1, 0.15) is 74.0 Å². The molecule has 0 unspecified atom stereocenters. The Morgan fingerprint density at radius 2 is 1.91 bits per heavy atom. The first-order valence-electron chi connectivity index (χ1n) is 11.9. The molecular weight excluding hydrogens is 458 g/mol. The summed E-state index contributed by atoms with van der Waals surface area (Å²) < 4.78 is 7.53. The summed E-state index contributed by atoms with van der Waals surface area (Å²) in [5.41, 5.74) is 4.93. The zero-order valence-electron chi connectivity index (χ0n) is 19.6. The molecule has 0 radical (unpaired) electrons. The van der Waals surface area contributed by atoms with Gasteiger partial charge >= 0.3 is 0 Å². The average molecular weight is 490 g/mol. The van der Waals surface area contributed by atoms with Crippen LogP contribution in [0.3, 0.4) is 0 Å². The lowest BCUT2D eigenvalue weighted by molar-refractivity contribution is 0.306. The molecule has 2 aliphatic rings. The van der Waals surface area contributed by atoms with E-state index in [-0.39, 0.29) is 19.4 Å². The normalized spacial score (nSPS) is 16.4. The number of hydrogen-bond donors (Lipinski definition) is 0. The van der Waals surface area contributed by atoms with Gasteiger partial charge in [-0.15, -0.1) is 22.4 Å². The Kier molecular flexibility index (Phi) is 8.42. The Labute approximate surface area is 213 Å². The maximum Gasteiger partial charge on any atom is 0.119 e. The molecule has 2 heterocycles. The van der Waals surface area contributed by atoms with Gasteiger partial charge in [-0.3, -0.25) is 0 Å². The van der Waals surface area contributed by atoms with Crippen LogP contribution < -0.4 is 4.74 Å². The fraction of sp³-hybridized carbons (Fsp3) is 0.393. The number of fused-ring (bicyclic) bond motifs is 1. The molecule has 5 rings (SSSR count). The summed E-state index contributed by atoms with van der Waals surface area (Å²) in [5, 5.41) is 15.6. The predicted molar refractivity (Wildman–Crippen MR) is 147 cm³/mol. The van der Waals surface area contributed by atoms with E-state index in [0.717, 1.165) is 23.8 Å². The van der Waals surface area contributed by atoms with E-state index in [9.17, 15) is 0 Å². The van der Waals surface area contributed by atoms with Crippen molar-refractivity contribution in [2.24, 2.45) is 15.4 Å². The molecule has 1 fully saturated rings. The Hall–Kier alpha value is -2.62. The van der Waals surface area contributed by atoms with Crippen LogP contribution >= 0.6 is 24.8 Å². The molecule has 3 aromatic rings. The first-order chi connectivity index (χ1) is 16.3. The SMILES string of the molecule is CC#C[C@@H](CC1=NN=NC1)c1ccc(OCc2ccc3scc(C4CCCCC4)c3c2)cc1.S. The molecule has 1 saturated carbocycles. The lowest BCUT2D eigenvalue weighted by Gasteiger charge is -2.21. The van der Waals surface area contributed by atoms with Gasteiger partial charge in [-0.1, -0.05) is 43.4 Å². The summed E-state index contributed by atoms with van der Waals surface area (Å²) >= 11 is 1.88. The monoisotopic (exact) mass is 489 g/mol. The Morgan fingerprint density at radius 3 is 2.65 bits per heavy atom. The Bertz CT molecular complexity index is 1230. The van der Waals surface area contributed by atoms with E-state index < -0.39 is 0 Å². The molecule has 1 aliphatic heterocycles. The van der Waals surface area contributed by atoms with Crippen molar-refractivity contribution in [2.45, 2.75) is 63.9 Å². The van der Waals surface area contributed by atoms with Crippen molar-refractivity contribution in [1.29, 1.82) is 0 Å². The van der Waals surface area contributed by atoms with Crippen molar-refractivity contribution < 1.29 is 4.74 Å². The molecular formula is C28H31N3OS2. The van der Waals surface area contributed by atoms with Gasteiger partial charge in [-0.25, -0.2) is 0 Å². The second kappa shape index (κ2) is 11.7. The third kappa shape index (κ3) is 5.71. The molecule has 176 valence electrons. The number of benzene rings is 2. The number of rotatable bonds is 7. The second-order valence-electron chi connectivity index (χ2n) is 8.92. The van der Waals surface area contributed by atoms with Crippen LogP contribution in [0.4, 0.5) is 0 Å². The number of ether oxygens (including phenoxy) is 1. The molecule has 2 aromatic carbocycles. The van der Waals surface area contributed by atoms with Crippen LogP contribution in [0.15, 0.2) is 63.3 Å². The number of thiophene rings is 1. The topological polar surface area (TPSA) is 46.3 Å². The third-order valence-corrected chi connectivity index (χ3v) is 7.64. The molecule has 34 heavy (non-hydrogen) atoms. The molecule has 0 saturated heterocycles. The maximum atomic E-state index is 6.14. The van der Waals surface area contributed by atoms with E-state index in [1.54, 1.807) is 5.56 Å². The summed E-state index contributed by atoms with van der Waals surface area (Å²) in [7, 11) is 0. The standard InChI is InChI=1S/C28H29N3OS.H2S/c1-2-6-23(16-24-17-29-31-30-24)21-10-12-25(13-11-21)32-18-20-9-14-28-26(15-20)27(19-33-28)22-7-4-3-5-8-22;/h9-15,19,22-23H,3-5,7-8,16-18H2,1H3;1H2/t23-;/m0./s1. The van der Waals surface area contributed by atoms with Crippen LogP contribution in [0.25, 0.3) is 10.1 Å². The Balaban J connectivity index is 0.00000274. The van der Waals surface area contributed by atoms with Crippen molar-refractivity contribution in [3.63, 3.8) is 0 Å². The zero-order chi connectivity index (χ0) is 22.5. The number of hydrogen-bond acceptors (Lipinski definition) is 5. The van der Waals surface area contributed by atoms with Gasteiger partial charge in [0.05, 0.1) is 11.6 Å². The molecule has 6 heteroatoms. The highest BCUT2D eigenvalue weighted by Gasteiger charge is 2.19. The first kappa shape index (κ1) is 24.5. The van der Waals surface area contributed by atoms with E-state index in [2.05, 4.69) is 63.0 Å². The zero-order valence-corrected chi connectivity index (χ0v) is 21.4. The summed E-state index contributed by atoms with van der Waals surface area (Å²) in [6.45, 7) is 3.03. The fourth-order valence-electron chi connectivity index (χ4n) is 4.89. The molecule has 1 aromatic heterocycles. The van der Waals surface area contributed by atoms with E-state index >= 15 is 0 Å². The largest absolute Gasteiger partial charge is 0.489 e. The maximum absolute atomic E-state index is 6.14. The lowest BCUT2D eigenvalue weighted by atomic mass is 9.84. The highest BCUT2D eigenvalue weighted by atomic mass is 32.1. The van der Waals surface area contributed by atoms with Crippen molar-refractivity contribution in [3.05, 3.63) is 64.5 Å². The molecule has 0 bridgehead atoms. The van der Waals surface area contributed by atoms with Gasteiger partial charge < -0.3 is 4.74 Å².